The van der Waals surface area contributed by atoms with E-state index in [1.807, 2.05) is 43.6 Å². The summed E-state index contributed by atoms with van der Waals surface area (Å²) in [6.45, 7) is 0. The minimum Gasteiger partial charge on any atom is -0.497 e. The summed E-state index contributed by atoms with van der Waals surface area (Å²) < 4.78 is 12.4. The zero-order valence-corrected chi connectivity index (χ0v) is 10.6. The normalized spacial score (nSPS) is 10.6. The first-order chi connectivity index (χ1) is 9.26. The molecule has 0 spiro atoms. The fraction of sp³-hybridized carbons (Fsp3) is 0.154. The standard InChI is InChI=1S/C13H12N4O2/c1-17-8-7-11(16-17)13-15-14-12(19-13)9-3-5-10(18-2)6-4-9/h3-8H,1-2H3. The number of aromatic nitrogens is 4. The Morgan fingerprint density at radius 2 is 1.79 bits per heavy atom. The number of hydrogen-bond donors (Lipinski definition) is 0. The molecule has 0 saturated heterocycles. The van der Waals surface area contributed by atoms with E-state index >= 15 is 0 Å². The van der Waals surface area contributed by atoms with Crippen LogP contribution in [-0.4, -0.2) is 27.1 Å². The molecule has 3 rings (SSSR count). The van der Waals surface area contributed by atoms with Crippen molar-refractivity contribution < 1.29 is 9.15 Å². The molecule has 19 heavy (non-hydrogen) atoms. The van der Waals surface area contributed by atoms with Gasteiger partial charge in [-0.1, -0.05) is 0 Å². The molecule has 2 aromatic heterocycles. The molecule has 96 valence electrons. The molecule has 0 aliphatic carbocycles. The lowest BCUT2D eigenvalue weighted by atomic mass is 10.2. The number of benzene rings is 1. The zero-order chi connectivity index (χ0) is 13.2. The van der Waals surface area contributed by atoms with Crippen LogP contribution in [0.5, 0.6) is 5.75 Å². The first kappa shape index (κ1) is 11.5. The van der Waals surface area contributed by atoms with Gasteiger partial charge in [0.2, 0.25) is 5.89 Å². The summed E-state index contributed by atoms with van der Waals surface area (Å²) in [4.78, 5) is 0. The Hall–Kier alpha value is -2.63. The molecule has 6 heteroatoms. The smallest absolute Gasteiger partial charge is 0.268 e. The van der Waals surface area contributed by atoms with Crippen LogP contribution in [0.4, 0.5) is 0 Å². The predicted molar refractivity (Wildman–Crippen MR) is 68.5 cm³/mol. The molecule has 3 aromatic rings. The van der Waals surface area contributed by atoms with Crippen LogP contribution in [0.15, 0.2) is 40.9 Å². The molecule has 0 aliphatic rings. The van der Waals surface area contributed by atoms with E-state index in [1.165, 1.54) is 0 Å². The van der Waals surface area contributed by atoms with Crippen molar-refractivity contribution in [2.75, 3.05) is 7.11 Å². The van der Waals surface area contributed by atoms with Gasteiger partial charge >= 0.3 is 0 Å². The number of nitrogens with zero attached hydrogens (tertiary/aromatic N) is 4. The molecule has 2 heterocycles. The van der Waals surface area contributed by atoms with Crippen LogP contribution in [0, 0.1) is 0 Å². The van der Waals surface area contributed by atoms with Gasteiger partial charge in [0.1, 0.15) is 11.4 Å². The zero-order valence-electron chi connectivity index (χ0n) is 10.6. The Morgan fingerprint density at radius 1 is 1.05 bits per heavy atom. The molecule has 1 aromatic carbocycles. The average Bonchev–Trinajstić information content (AvgIpc) is 3.07. The molecule has 0 unspecified atom stereocenters. The van der Waals surface area contributed by atoms with Crippen LogP contribution in [0.25, 0.3) is 23.0 Å². The van der Waals surface area contributed by atoms with Crippen LogP contribution in [0.2, 0.25) is 0 Å². The van der Waals surface area contributed by atoms with Crippen molar-refractivity contribution in [3.63, 3.8) is 0 Å². The van der Waals surface area contributed by atoms with Gasteiger partial charge in [-0.05, 0) is 30.3 Å². The number of hydrogen-bond acceptors (Lipinski definition) is 5. The lowest BCUT2D eigenvalue weighted by molar-refractivity contribution is 0.415. The van der Waals surface area contributed by atoms with Crippen molar-refractivity contribution in [3.05, 3.63) is 36.5 Å². The lowest BCUT2D eigenvalue weighted by Crippen LogP contribution is -1.87. The van der Waals surface area contributed by atoms with Gasteiger partial charge in [-0.2, -0.15) is 5.10 Å². The van der Waals surface area contributed by atoms with E-state index in [-0.39, 0.29) is 0 Å². The van der Waals surface area contributed by atoms with Gasteiger partial charge < -0.3 is 9.15 Å². The van der Waals surface area contributed by atoms with Gasteiger partial charge in [0.15, 0.2) is 0 Å². The van der Waals surface area contributed by atoms with Crippen molar-refractivity contribution in [1.29, 1.82) is 0 Å². The SMILES string of the molecule is COc1ccc(-c2nnc(-c3ccn(C)n3)o2)cc1. The highest BCUT2D eigenvalue weighted by molar-refractivity contribution is 5.56. The Balaban J connectivity index is 1.91. The number of aryl methyl sites for hydroxylation is 1. The summed E-state index contributed by atoms with van der Waals surface area (Å²) in [5.41, 5.74) is 1.50. The molecule has 0 aliphatic heterocycles. The number of ether oxygens (including phenoxy) is 1. The second-order valence-corrected chi connectivity index (χ2v) is 4.02. The van der Waals surface area contributed by atoms with Crippen molar-refractivity contribution in [2.24, 2.45) is 7.05 Å². The Bertz CT molecular complexity index is 685. The predicted octanol–water partition coefficient (Wildman–Crippen LogP) is 2.15. The highest BCUT2D eigenvalue weighted by atomic mass is 16.5. The summed E-state index contributed by atoms with van der Waals surface area (Å²) in [6.07, 6.45) is 1.83. The summed E-state index contributed by atoms with van der Waals surface area (Å²) in [7, 11) is 3.46. The Morgan fingerprint density at radius 3 is 2.42 bits per heavy atom. The largest absolute Gasteiger partial charge is 0.497 e. The van der Waals surface area contributed by atoms with Crippen molar-refractivity contribution >= 4 is 0 Å². The third-order valence-corrected chi connectivity index (χ3v) is 2.69. The van der Waals surface area contributed by atoms with Gasteiger partial charge in [-0.25, -0.2) is 0 Å². The molecule has 6 nitrogen and oxygen atoms in total. The van der Waals surface area contributed by atoms with Gasteiger partial charge in [0, 0.05) is 18.8 Å². The fourth-order valence-electron chi connectivity index (χ4n) is 1.71. The van der Waals surface area contributed by atoms with Gasteiger partial charge in [0.25, 0.3) is 5.89 Å². The fourth-order valence-corrected chi connectivity index (χ4v) is 1.71. The van der Waals surface area contributed by atoms with Crippen LogP contribution in [0.3, 0.4) is 0 Å². The van der Waals surface area contributed by atoms with E-state index in [1.54, 1.807) is 11.8 Å². The third-order valence-electron chi connectivity index (χ3n) is 2.69. The third kappa shape index (κ3) is 2.20. The van der Waals surface area contributed by atoms with Crippen LogP contribution < -0.4 is 4.74 Å². The lowest BCUT2D eigenvalue weighted by Gasteiger charge is -1.99. The quantitative estimate of drug-likeness (QED) is 0.718. The van der Waals surface area contributed by atoms with Crippen LogP contribution >= 0.6 is 0 Å². The highest BCUT2D eigenvalue weighted by Crippen LogP contribution is 2.24. The number of rotatable bonds is 3. The monoisotopic (exact) mass is 256 g/mol. The molecule has 0 bridgehead atoms. The van der Waals surface area contributed by atoms with E-state index in [0.717, 1.165) is 11.3 Å². The van der Waals surface area contributed by atoms with Crippen molar-refractivity contribution in [2.45, 2.75) is 0 Å². The van der Waals surface area contributed by atoms with Crippen LogP contribution in [-0.2, 0) is 7.05 Å². The van der Waals surface area contributed by atoms with E-state index < -0.39 is 0 Å². The average molecular weight is 256 g/mol. The minimum absolute atomic E-state index is 0.409. The minimum atomic E-state index is 0.409. The molecule has 0 amide bonds. The number of methoxy groups -OCH3 is 1. The molecule has 0 saturated carbocycles. The summed E-state index contributed by atoms with van der Waals surface area (Å²) >= 11 is 0. The summed E-state index contributed by atoms with van der Waals surface area (Å²) in [6, 6.07) is 9.26. The van der Waals surface area contributed by atoms with Crippen LogP contribution in [0.1, 0.15) is 0 Å². The molecule has 0 radical (unpaired) electrons. The molecular formula is C13H12N4O2. The van der Waals surface area contributed by atoms with Gasteiger partial charge in [0.05, 0.1) is 7.11 Å². The second kappa shape index (κ2) is 4.56. The Kier molecular flexibility index (Phi) is 2.75. The Labute approximate surface area is 109 Å². The van der Waals surface area contributed by atoms with Crippen molar-refractivity contribution in [1.82, 2.24) is 20.0 Å². The molecule has 0 N–H and O–H groups in total. The van der Waals surface area contributed by atoms with E-state index in [4.69, 9.17) is 9.15 Å². The van der Waals surface area contributed by atoms with E-state index in [2.05, 4.69) is 15.3 Å². The first-order valence-electron chi connectivity index (χ1n) is 5.74. The van der Waals surface area contributed by atoms with E-state index in [0.29, 0.717) is 17.5 Å². The molecule has 0 atom stereocenters. The van der Waals surface area contributed by atoms with Gasteiger partial charge in [-0.3, -0.25) is 4.68 Å². The van der Waals surface area contributed by atoms with E-state index in [9.17, 15) is 0 Å². The highest BCUT2D eigenvalue weighted by Gasteiger charge is 2.12. The maximum Gasteiger partial charge on any atom is 0.268 e. The first-order valence-corrected chi connectivity index (χ1v) is 5.74. The second-order valence-electron chi connectivity index (χ2n) is 4.02. The maximum absolute atomic E-state index is 5.60. The van der Waals surface area contributed by atoms with Gasteiger partial charge in [-0.15, -0.1) is 10.2 Å². The summed E-state index contributed by atoms with van der Waals surface area (Å²) in [5.74, 6) is 1.66. The maximum atomic E-state index is 5.60. The van der Waals surface area contributed by atoms with Crippen molar-refractivity contribution in [3.8, 4) is 28.8 Å². The molecule has 0 fully saturated rings. The molecular weight excluding hydrogens is 244 g/mol. The summed E-state index contributed by atoms with van der Waals surface area (Å²) in [5, 5.41) is 12.2. The topological polar surface area (TPSA) is 66.0 Å².